The van der Waals surface area contributed by atoms with E-state index in [0.29, 0.717) is 0 Å². The summed E-state index contributed by atoms with van der Waals surface area (Å²) in [5, 5.41) is 3.95. The molecular formula is C23H18NS+. The summed E-state index contributed by atoms with van der Waals surface area (Å²) in [6, 6.07) is 26.4. The first-order valence-electron chi connectivity index (χ1n) is 8.52. The van der Waals surface area contributed by atoms with Crippen molar-refractivity contribution >= 4 is 42.4 Å². The maximum absolute atomic E-state index is 2.35. The topological polar surface area (TPSA) is 3.88 Å². The molecule has 120 valence electrons. The van der Waals surface area contributed by atoms with Crippen molar-refractivity contribution in [3.05, 3.63) is 78.4 Å². The fourth-order valence-corrected chi connectivity index (χ4v) is 4.93. The normalized spacial score (nSPS) is 11.6. The van der Waals surface area contributed by atoms with E-state index in [9.17, 15) is 0 Å². The molecule has 5 rings (SSSR count). The van der Waals surface area contributed by atoms with E-state index in [0.717, 1.165) is 0 Å². The van der Waals surface area contributed by atoms with Crippen LogP contribution in [-0.4, -0.2) is 0 Å². The average molecular weight is 340 g/mol. The Morgan fingerprint density at radius 2 is 1.48 bits per heavy atom. The van der Waals surface area contributed by atoms with Crippen LogP contribution >= 0.6 is 11.3 Å². The fourth-order valence-electron chi connectivity index (χ4n) is 3.76. The summed E-state index contributed by atoms with van der Waals surface area (Å²) < 4.78 is 5.04. The lowest BCUT2D eigenvalue weighted by Crippen LogP contribution is -2.31. The van der Waals surface area contributed by atoms with Gasteiger partial charge in [0.15, 0.2) is 0 Å². The fraction of sp³-hybridized carbons (Fsp3) is 0.0870. The highest BCUT2D eigenvalue weighted by Gasteiger charge is 2.20. The molecule has 1 nitrogen and oxygen atoms in total. The number of benzene rings is 3. The number of fused-ring (bicyclic) bond motifs is 4. The predicted octanol–water partition coefficient (Wildman–Crippen LogP) is 6.01. The van der Waals surface area contributed by atoms with Gasteiger partial charge in [0.2, 0.25) is 11.2 Å². The highest BCUT2D eigenvalue weighted by atomic mass is 32.1. The van der Waals surface area contributed by atoms with Gasteiger partial charge in [-0.1, -0.05) is 42.5 Å². The van der Waals surface area contributed by atoms with E-state index in [-0.39, 0.29) is 0 Å². The molecule has 0 unspecified atom stereocenters. The molecule has 2 aromatic heterocycles. The minimum absolute atomic E-state index is 1.26. The molecule has 0 N–H and O–H groups in total. The summed E-state index contributed by atoms with van der Waals surface area (Å²) in [4.78, 5) is 0. The minimum atomic E-state index is 1.26. The molecule has 5 aromatic rings. The van der Waals surface area contributed by atoms with Crippen LogP contribution < -0.4 is 4.57 Å². The summed E-state index contributed by atoms with van der Waals surface area (Å²) in [5.41, 5.74) is 5.19. The monoisotopic (exact) mass is 340 g/mol. The second kappa shape index (κ2) is 5.40. The van der Waals surface area contributed by atoms with Crippen LogP contribution in [0.1, 0.15) is 5.56 Å². The largest absolute Gasteiger partial charge is 0.231 e. The van der Waals surface area contributed by atoms with Gasteiger partial charge in [0.1, 0.15) is 11.7 Å². The Bertz CT molecular complexity index is 1260. The van der Waals surface area contributed by atoms with Gasteiger partial charge in [-0.25, -0.2) is 0 Å². The number of rotatable bonds is 1. The van der Waals surface area contributed by atoms with Crippen LogP contribution in [0.4, 0.5) is 0 Å². The van der Waals surface area contributed by atoms with E-state index < -0.39 is 0 Å². The van der Waals surface area contributed by atoms with Gasteiger partial charge < -0.3 is 0 Å². The van der Waals surface area contributed by atoms with Crippen molar-refractivity contribution in [2.75, 3.05) is 0 Å². The number of hydrogen-bond donors (Lipinski definition) is 0. The van der Waals surface area contributed by atoms with E-state index >= 15 is 0 Å². The van der Waals surface area contributed by atoms with E-state index in [1.807, 2.05) is 11.3 Å². The van der Waals surface area contributed by atoms with Crippen LogP contribution in [0.2, 0.25) is 0 Å². The van der Waals surface area contributed by atoms with Crippen molar-refractivity contribution in [2.24, 2.45) is 7.05 Å². The van der Waals surface area contributed by atoms with Crippen molar-refractivity contribution in [3.63, 3.8) is 0 Å². The molecule has 0 fully saturated rings. The van der Waals surface area contributed by atoms with Gasteiger partial charge in [0, 0.05) is 16.3 Å². The summed E-state index contributed by atoms with van der Waals surface area (Å²) in [7, 11) is 2.19. The van der Waals surface area contributed by atoms with Gasteiger partial charge in [0.25, 0.3) is 0 Å². The lowest BCUT2D eigenvalue weighted by Gasteiger charge is -2.05. The first-order valence-corrected chi connectivity index (χ1v) is 9.34. The Hall–Kier alpha value is -2.71. The van der Waals surface area contributed by atoms with E-state index in [4.69, 9.17) is 0 Å². The Kier molecular flexibility index (Phi) is 3.16. The summed E-state index contributed by atoms with van der Waals surface area (Å²) in [5.74, 6) is 0. The maximum Gasteiger partial charge on any atom is 0.231 e. The molecule has 0 saturated carbocycles. The van der Waals surface area contributed by atoms with E-state index in [2.05, 4.69) is 91.3 Å². The standard InChI is InChI=1S/C23H18NS/c1-15-7-3-6-10-18(15)20-11-12-21-23(24(20)2)19-13-16-8-4-5-9-17(16)14-22(19)25-21/h3-14H,1-2H3/q+1. The third-order valence-corrected chi connectivity index (χ3v) is 6.17. The molecule has 0 amide bonds. The number of nitrogens with zero attached hydrogens (tertiary/aromatic N) is 1. The second-order valence-electron chi connectivity index (χ2n) is 6.60. The number of thiophene rings is 1. The summed E-state index contributed by atoms with van der Waals surface area (Å²) in [6.45, 7) is 2.18. The first-order chi connectivity index (χ1) is 12.2. The van der Waals surface area contributed by atoms with Crippen LogP contribution in [0, 0.1) is 6.92 Å². The van der Waals surface area contributed by atoms with Crippen molar-refractivity contribution in [3.8, 4) is 11.3 Å². The predicted molar refractivity (Wildman–Crippen MR) is 108 cm³/mol. The molecule has 0 atom stereocenters. The molecule has 0 aliphatic rings. The summed E-state index contributed by atoms with van der Waals surface area (Å²) >= 11 is 1.88. The Morgan fingerprint density at radius 1 is 0.760 bits per heavy atom. The zero-order chi connectivity index (χ0) is 17.0. The first kappa shape index (κ1) is 14.6. The molecule has 0 spiro atoms. The Balaban J connectivity index is 1.89. The number of aromatic nitrogens is 1. The van der Waals surface area contributed by atoms with Crippen molar-refractivity contribution in [2.45, 2.75) is 6.92 Å². The zero-order valence-corrected chi connectivity index (χ0v) is 15.1. The molecule has 2 heterocycles. The molecule has 0 saturated heterocycles. The third-order valence-electron chi connectivity index (χ3n) is 5.07. The Morgan fingerprint density at radius 3 is 2.28 bits per heavy atom. The highest BCUT2D eigenvalue weighted by molar-refractivity contribution is 7.25. The van der Waals surface area contributed by atoms with Crippen molar-refractivity contribution < 1.29 is 4.57 Å². The van der Waals surface area contributed by atoms with Gasteiger partial charge in [0.05, 0.1) is 5.39 Å². The minimum Gasteiger partial charge on any atom is -0.193 e. The SMILES string of the molecule is Cc1ccccc1-c1ccc2sc3cc4ccccc4cc3c2[n+]1C. The van der Waals surface area contributed by atoms with Gasteiger partial charge in [-0.3, -0.25) is 0 Å². The molecule has 0 aliphatic carbocycles. The van der Waals surface area contributed by atoms with Crippen LogP contribution in [0.5, 0.6) is 0 Å². The van der Waals surface area contributed by atoms with Crippen LogP contribution in [-0.2, 0) is 7.05 Å². The van der Waals surface area contributed by atoms with Crippen molar-refractivity contribution in [1.82, 2.24) is 0 Å². The molecule has 0 bridgehead atoms. The van der Waals surface area contributed by atoms with Crippen LogP contribution in [0.15, 0.2) is 72.8 Å². The second-order valence-corrected chi connectivity index (χ2v) is 7.69. The molecule has 0 aliphatic heterocycles. The lowest BCUT2D eigenvalue weighted by molar-refractivity contribution is -0.632. The molecular weight excluding hydrogens is 322 g/mol. The van der Waals surface area contributed by atoms with Gasteiger partial charge in [-0.2, -0.15) is 4.57 Å². The quantitative estimate of drug-likeness (QED) is 0.329. The Labute approximate surface area is 150 Å². The molecule has 2 heteroatoms. The summed E-state index contributed by atoms with van der Waals surface area (Å²) in [6.07, 6.45) is 0. The molecule has 3 aromatic carbocycles. The van der Waals surface area contributed by atoms with Crippen LogP contribution in [0.25, 0.3) is 42.3 Å². The number of aryl methyl sites for hydroxylation is 2. The van der Waals surface area contributed by atoms with Gasteiger partial charge in [-0.15, -0.1) is 11.3 Å². The van der Waals surface area contributed by atoms with E-state index in [1.165, 1.54) is 47.9 Å². The smallest absolute Gasteiger partial charge is 0.193 e. The number of pyridine rings is 1. The highest BCUT2D eigenvalue weighted by Crippen LogP contribution is 2.36. The number of hydrogen-bond acceptors (Lipinski definition) is 1. The third kappa shape index (κ3) is 2.18. The van der Waals surface area contributed by atoms with Crippen LogP contribution in [0.3, 0.4) is 0 Å². The zero-order valence-electron chi connectivity index (χ0n) is 14.3. The van der Waals surface area contributed by atoms with E-state index in [1.54, 1.807) is 0 Å². The van der Waals surface area contributed by atoms with Crippen molar-refractivity contribution in [1.29, 1.82) is 0 Å². The maximum atomic E-state index is 2.35. The average Bonchev–Trinajstić information content (AvgIpc) is 2.99. The van der Waals surface area contributed by atoms with Gasteiger partial charge >= 0.3 is 0 Å². The van der Waals surface area contributed by atoms with Gasteiger partial charge in [-0.05, 0) is 47.5 Å². The molecule has 0 radical (unpaired) electrons. The molecule has 25 heavy (non-hydrogen) atoms. The lowest BCUT2D eigenvalue weighted by atomic mass is 10.0.